The average molecular weight is 372 g/mol. The van der Waals surface area contributed by atoms with Gasteiger partial charge >= 0.3 is 12.1 Å². The zero-order chi connectivity index (χ0) is 19.3. The van der Waals surface area contributed by atoms with Crippen LogP contribution in [0, 0.1) is 0 Å². The summed E-state index contributed by atoms with van der Waals surface area (Å²) in [5.74, 6) is -1.73. The highest BCUT2D eigenvalue weighted by molar-refractivity contribution is 5.78. The van der Waals surface area contributed by atoms with Crippen molar-refractivity contribution in [3.63, 3.8) is 0 Å². The highest BCUT2D eigenvalue weighted by Crippen LogP contribution is 2.33. The molecule has 1 amide bonds. The SMILES string of the molecule is C=CCN1C(=O)CC[C@@H]2[C@H]1CCN2c1ncccn1.O=C(O)C(F)(F)F. The third-order valence-electron chi connectivity index (χ3n) is 4.26. The number of carboxylic acids is 1. The molecule has 142 valence electrons. The van der Waals surface area contributed by atoms with Crippen LogP contribution in [0.3, 0.4) is 0 Å². The van der Waals surface area contributed by atoms with Gasteiger partial charge in [0.1, 0.15) is 0 Å². The Hall–Kier alpha value is -2.65. The van der Waals surface area contributed by atoms with Gasteiger partial charge in [-0.1, -0.05) is 6.08 Å². The lowest BCUT2D eigenvalue weighted by atomic mass is 9.96. The van der Waals surface area contributed by atoms with Gasteiger partial charge in [-0.3, -0.25) is 4.79 Å². The van der Waals surface area contributed by atoms with E-state index in [0.717, 1.165) is 25.3 Å². The molecule has 3 rings (SSSR count). The second-order valence-corrected chi connectivity index (χ2v) is 5.84. The van der Waals surface area contributed by atoms with Gasteiger partial charge < -0.3 is 14.9 Å². The lowest BCUT2D eigenvalue weighted by molar-refractivity contribution is -0.192. The second kappa shape index (κ2) is 8.15. The van der Waals surface area contributed by atoms with Crippen LogP contribution in [0.1, 0.15) is 19.3 Å². The van der Waals surface area contributed by atoms with Crippen LogP contribution in [-0.2, 0) is 9.59 Å². The van der Waals surface area contributed by atoms with Crippen molar-refractivity contribution in [2.75, 3.05) is 18.0 Å². The van der Waals surface area contributed by atoms with E-state index in [1.54, 1.807) is 12.4 Å². The molecule has 10 heteroatoms. The van der Waals surface area contributed by atoms with Gasteiger partial charge in [0.05, 0.1) is 12.1 Å². The van der Waals surface area contributed by atoms with Crippen LogP contribution < -0.4 is 4.90 Å². The Morgan fingerprint density at radius 3 is 2.46 bits per heavy atom. The molecule has 2 aliphatic heterocycles. The Balaban J connectivity index is 0.000000298. The predicted molar refractivity (Wildman–Crippen MR) is 86.4 cm³/mol. The van der Waals surface area contributed by atoms with Crippen molar-refractivity contribution in [3.05, 3.63) is 31.1 Å². The molecule has 2 aliphatic rings. The number of carbonyl (C=O) groups excluding carboxylic acids is 1. The molecule has 2 saturated heterocycles. The minimum atomic E-state index is -5.08. The molecule has 0 saturated carbocycles. The summed E-state index contributed by atoms with van der Waals surface area (Å²) >= 11 is 0. The van der Waals surface area contributed by atoms with E-state index in [-0.39, 0.29) is 11.9 Å². The van der Waals surface area contributed by atoms with E-state index in [4.69, 9.17) is 9.90 Å². The summed E-state index contributed by atoms with van der Waals surface area (Å²) in [5, 5.41) is 7.12. The first kappa shape index (κ1) is 19.7. The number of likely N-dealkylation sites (tertiary alicyclic amines) is 1. The molecule has 0 aliphatic carbocycles. The Bertz CT molecular complexity index is 654. The summed E-state index contributed by atoms with van der Waals surface area (Å²) < 4.78 is 31.7. The number of carbonyl (C=O) groups is 2. The number of alkyl halides is 3. The van der Waals surface area contributed by atoms with Gasteiger partial charge in [-0.15, -0.1) is 6.58 Å². The van der Waals surface area contributed by atoms with Crippen molar-refractivity contribution < 1.29 is 27.9 Å². The maximum atomic E-state index is 12.0. The normalized spacial score (nSPS) is 22.3. The molecule has 0 unspecified atom stereocenters. The number of halogens is 3. The number of aliphatic carboxylic acids is 1. The van der Waals surface area contributed by atoms with Gasteiger partial charge in [-0.25, -0.2) is 14.8 Å². The number of amides is 1. The maximum Gasteiger partial charge on any atom is 0.490 e. The minimum Gasteiger partial charge on any atom is -0.475 e. The first-order valence-corrected chi connectivity index (χ1v) is 8.00. The van der Waals surface area contributed by atoms with Crippen LogP contribution in [0.25, 0.3) is 0 Å². The number of aromatic nitrogens is 2. The van der Waals surface area contributed by atoms with E-state index in [2.05, 4.69) is 21.4 Å². The van der Waals surface area contributed by atoms with E-state index in [1.807, 2.05) is 17.0 Å². The Morgan fingerprint density at radius 2 is 1.92 bits per heavy atom. The molecule has 1 aromatic heterocycles. The van der Waals surface area contributed by atoms with Crippen molar-refractivity contribution >= 4 is 17.8 Å². The number of rotatable bonds is 3. The largest absolute Gasteiger partial charge is 0.490 e. The standard InChI is InChI=1S/C14H18N4O.C2HF3O2/c1-2-9-17-12-6-10-18(11(12)4-5-13(17)19)14-15-7-3-8-16-14;3-2(4,5)1(6)7/h2-3,7-8,11-12H,1,4-6,9-10H2;(H,6,7)/t11-,12-;/m1./s1. The van der Waals surface area contributed by atoms with Crippen LogP contribution in [0.2, 0.25) is 0 Å². The van der Waals surface area contributed by atoms with Crippen molar-refractivity contribution in [1.29, 1.82) is 0 Å². The molecule has 3 heterocycles. The number of nitrogens with zero attached hydrogens (tertiary/aromatic N) is 4. The molecule has 0 spiro atoms. The maximum absolute atomic E-state index is 12.0. The second-order valence-electron chi connectivity index (χ2n) is 5.84. The van der Waals surface area contributed by atoms with Crippen LogP contribution in [-0.4, -0.2) is 63.2 Å². The van der Waals surface area contributed by atoms with Crippen LogP contribution in [0.5, 0.6) is 0 Å². The highest BCUT2D eigenvalue weighted by atomic mass is 19.4. The Morgan fingerprint density at radius 1 is 1.31 bits per heavy atom. The molecule has 2 atom stereocenters. The number of carboxylic acid groups (broad SMARTS) is 1. The molecule has 2 fully saturated rings. The molecular formula is C16H19F3N4O3. The Labute approximate surface area is 148 Å². The fourth-order valence-corrected chi connectivity index (χ4v) is 3.21. The van der Waals surface area contributed by atoms with E-state index in [0.29, 0.717) is 19.0 Å². The predicted octanol–water partition coefficient (Wildman–Crippen LogP) is 1.87. The van der Waals surface area contributed by atoms with Gasteiger partial charge in [0, 0.05) is 31.9 Å². The summed E-state index contributed by atoms with van der Waals surface area (Å²) in [6.45, 7) is 5.31. The topological polar surface area (TPSA) is 86.6 Å². The molecule has 1 N–H and O–H groups in total. The quantitative estimate of drug-likeness (QED) is 0.815. The number of anilines is 1. The number of hydrogen-bond donors (Lipinski definition) is 1. The zero-order valence-electron chi connectivity index (χ0n) is 13.9. The van der Waals surface area contributed by atoms with Crippen LogP contribution in [0.4, 0.5) is 19.1 Å². The lowest BCUT2D eigenvalue weighted by Gasteiger charge is -2.39. The number of hydrogen-bond acceptors (Lipinski definition) is 5. The monoisotopic (exact) mass is 372 g/mol. The van der Waals surface area contributed by atoms with Crippen molar-refractivity contribution in [1.82, 2.24) is 14.9 Å². The fraction of sp³-hybridized carbons (Fsp3) is 0.500. The van der Waals surface area contributed by atoms with Crippen molar-refractivity contribution in [2.45, 2.75) is 37.5 Å². The van der Waals surface area contributed by atoms with Crippen molar-refractivity contribution in [3.8, 4) is 0 Å². The summed E-state index contributed by atoms with van der Waals surface area (Å²) in [5.41, 5.74) is 0. The fourth-order valence-electron chi connectivity index (χ4n) is 3.21. The van der Waals surface area contributed by atoms with E-state index in [9.17, 15) is 18.0 Å². The minimum absolute atomic E-state index is 0.247. The third-order valence-corrected chi connectivity index (χ3v) is 4.26. The molecule has 0 bridgehead atoms. The van der Waals surface area contributed by atoms with Gasteiger partial charge in [-0.2, -0.15) is 13.2 Å². The Kier molecular flexibility index (Phi) is 6.17. The van der Waals surface area contributed by atoms with Gasteiger partial charge in [0.2, 0.25) is 11.9 Å². The summed E-state index contributed by atoms with van der Waals surface area (Å²) in [6.07, 6.45) is 2.76. The average Bonchev–Trinajstić information content (AvgIpc) is 3.02. The zero-order valence-corrected chi connectivity index (χ0v) is 13.9. The third kappa shape index (κ3) is 4.50. The summed E-state index contributed by atoms with van der Waals surface area (Å²) in [7, 11) is 0. The molecule has 0 radical (unpaired) electrons. The first-order chi connectivity index (χ1) is 12.3. The van der Waals surface area contributed by atoms with Gasteiger partial charge in [0.15, 0.2) is 0 Å². The highest BCUT2D eigenvalue weighted by Gasteiger charge is 2.43. The van der Waals surface area contributed by atoms with E-state index < -0.39 is 12.1 Å². The van der Waals surface area contributed by atoms with Crippen LogP contribution in [0.15, 0.2) is 31.1 Å². The van der Waals surface area contributed by atoms with Crippen LogP contribution >= 0.6 is 0 Å². The summed E-state index contributed by atoms with van der Waals surface area (Å²) in [6, 6.07) is 2.45. The lowest BCUT2D eigenvalue weighted by Crippen LogP contribution is -2.52. The number of fused-ring (bicyclic) bond motifs is 1. The molecule has 7 nitrogen and oxygen atoms in total. The first-order valence-electron chi connectivity index (χ1n) is 8.00. The van der Waals surface area contributed by atoms with Gasteiger partial charge in [-0.05, 0) is 18.9 Å². The van der Waals surface area contributed by atoms with Gasteiger partial charge in [0.25, 0.3) is 0 Å². The summed E-state index contributed by atoms with van der Waals surface area (Å²) in [4.78, 5) is 33.8. The molecular weight excluding hydrogens is 353 g/mol. The van der Waals surface area contributed by atoms with Crippen molar-refractivity contribution in [2.24, 2.45) is 0 Å². The van der Waals surface area contributed by atoms with E-state index >= 15 is 0 Å². The van der Waals surface area contributed by atoms with E-state index in [1.165, 1.54) is 0 Å². The smallest absolute Gasteiger partial charge is 0.475 e. The number of piperidine rings is 1. The molecule has 1 aromatic rings. The molecule has 0 aromatic carbocycles. The molecule has 26 heavy (non-hydrogen) atoms.